The summed E-state index contributed by atoms with van der Waals surface area (Å²) in [5, 5.41) is 34.5. The van der Waals surface area contributed by atoms with Crippen LogP contribution in [-0.2, 0) is 39.8 Å². The zero-order valence-electron chi connectivity index (χ0n) is 26.1. The lowest BCUT2D eigenvalue weighted by Crippen LogP contribution is -2.60. The normalized spacial score (nSPS) is 28.3. The minimum Gasteiger partial charge on any atom is -0.479 e. The van der Waals surface area contributed by atoms with E-state index < -0.39 is 59.9 Å². The van der Waals surface area contributed by atoms with E-state index in [1.807, 2.05) is 44.2 Å². The van der Waals surface area contributed by atoms with E-state index >= 15 is 0 Å². The van der Waals surface area contributed by atoms with Crippen LogP contribution >= 0.6 is 0 Å². The van der Waals surface area contributed by atoms with Crippen LogP contribution in [0.5, 0.6) is 0 Å². The summed E-state index contributed by atoms with van der Waals surface area (Å²) in [4.78, 5) is 37.5. The third kappa shape index (κ3) is 7.75. The van der Waals surface area contributed by atoms with Crippen LogP contribution in [0.15, 0.2) is 59.8 Å². The van der Waals surface area contributed by atoms with E-state index in [0.29, 0.717) is 17.9 Å². The molecule has 2 aliphatic heterocycles. The molecule has 0 aromatic heterocycles. The molecule has 2 fully saturated rings. The van der Waals surface area contributed by atoms with Crippen molar-refractivity contribution in [1.82, 2.24) is 0 Å². The first-order chi connectivity index (χ1) is 20.8. The number of aliphatic hydroxyl groups excluding tert-OH is 1. The van der Waals surface area contributed by atoms with E-state index in [2.05, 4.69) is 25.6 Å². The molecule has 2 unspecified atom stereocenters. The number of hydrogen-bond donors (Lipinski definition) is 3. The smallest absolute Gasteiger partial charge is 0.346 e. The number of carboxylic acids is 1. The highest BCUT2D eigenvalue weighted by Crippen LogP contribution is 2.48. The highest BCUT2D eigenvalue weighted by molar-refractivity contribution is 6.12. The average molecular weight is 616 g/mol. The Labute approximate surface area is 258 Å². The molecule has 2 bridgehead atoms. The largest absolute Gasteiger partial charge is 0.479 e. The molecule has 2 aliphatic rings. The Hall–Kier alpha value is -3.54. The summed E-state index contributed by atoms with van der Waals surface area (Å²) >= 11 is 0. The Bertz CT molecular complexity index is 1250. The Morgan fingerprint density at radius 2 is 1.89 bits per heavy atom. The van der Waals surface area contributed by atoms with Crippen LogP contribution in [0.4, 0.5) is 0 Å². The molecular weight excluding hydrogens is 570 g/mol. The van der Waals surface area contributed by atoms with Crippen LogP contribution in [0.3, 0.4) is 0 Å². The zero-order valence-corrected chi connectivity index (χ0v) is 26.1. The van der Waals surface area contributed by atoms with Gasteiger partial charge in [-0.25, -0.2) is 9.59 Å². The van der Waals surface area contributed by atoms with E-state index in [9.17, 15) is 29.8 Å². The number of ether oxygens (including phenoxy) is 4. The van der Waals surface area contributed by atoms with Crippen molar-refractivity contribution >= 4 is 23.6 Å². The Balaban J connectivity index is 1.82. The lowest BCUT2D eigenvalue weighted by molar-refractivity contribution is -0.277. The fourth-order valence-corrected chi connectivity index (χ4v) is 5.93. The number of aliphatic hydroxyl groups is 1. The lowest BCUT2D eigenvalue weighted by Gasteiger charge is -2.38. The van der Waals surface area contributed by atoms with Gasteiger partial charge in [0.2, 0.25) is 5.79 Å². The van der Waals surface area contributed by atoms with Gasteiger partial charge in [0.25, 0.3) is 5.60 Å². The molecule has 3 rings (SSSR count). The van der Waals surface area contributed by atoms with Crippen LogP contribution in [0.25, 0.3) is 0 Å². The van der Waals surface area contributed by atoms with Crippen molar-refractivity contribution in [3.63, 3.8) is 0 Å². The molecule has 11 nitrogen and oxygen atoms in total. The second-order valence-corrected chi connectivity index (χ2v) is 12.0. The lowest BCUT2D eigenvalue weighted by atomic mass is 9.87. The van der Waals surface area contributed by atoms with E-state index in [1.165, 1.54) is 13.0 Å². The van der Waals surface area contributed by atoms with Crippen molar-refractivity contribution in [1.29, 1.82) is 0 Å². The number of rotatable bonds is 15. The molecule has 8 atom stereocenters. The molecule has 0 radical (unpaired) electrons. The fraction of sp³-hybridized carbons (Fsp3) is 0.576. The number of aliphatic carboxylic acids is 1. The summed E-state index contributed by atoms with van der Waals surface area (Å²) in [6, 6.07) is 9.68. The summed E-state index contributed by atoms with van der Waals surface area (Å²) in [7, 11) is 0. The number of oxime groups is 1. The predicted molar refractivity (Wildman–Crippen MR) is 161 cm³/mol. The zero-order chi connectivity index (χ0) is 32.7. The third-order valence-electron chi connectivity index (χ3n) is 8.47. The molecule has 1 aromatic carbocycles. The number of nitrogens with zero attached hydrogens (tertiary/aromatic N) is 1. The van der Waals surface area contributed by atoms with E-state index in [-0.39, 0.29) is 24.7 Å². The fourth-order valence-electron chi connectivity index (χ4n) is 5.93. The van der Waals surface area contributed by atoms with E-state index in [0.717, 1.165) is 18.4 Å². The maximum absolute atomic E-state index is 12.9. The van der Waals surface area contributed by atoms with Gasteiger partial charge in [0.05, 0.1) is 6.61 Å². The van der Waals surface area contributed by atoms with Gasteiger partial charge in [-0.1, -0.05) is 82.3 Å². The van der Waals surface area contributed by atoms with Gasteiger partial charge in [-0.05, 0) is 42.2 Å². The van der Waals surface area contributed by atoms with Gasteiger partial charge in [0.1, 0.15) is 17.9 Å². The van der Waals surface area contributed by atoms with Crippen LogP contribution < -0.4 is 0 Å². The molecular formula is C33H45NO10. The number of esters is 2. The first-order valence-corrected chi connectivity index (χ1v) is 15.0. The molecule has 0 saturated carbocycles. The molecule has 0 amide bonds. The number of hydrogen-bond acceptors (Lipinski definition) is 10. The van der Waals surface area contributed by atoms with Crippen molar-refractivity contribution in [2.24, 2.45) is 22.9 Å². The number of benzene rings is 1. The molecule has 0 spiro atoms. The van der Waals surface area contributed by atoms with Gasteiger partial charge in [0, 0.05) is 25.3 Å². The number of fused-ring (bicyclic) bond motifs is 2. The second kappa shape index (κ2) is 15.0. The monoisotopic (exact) mass is 615 g/mol. The van der Waals surface area contributed by atoms with E-state index in [1.54, 1.807) is 6.08 Å². The molecule has 11 heteroatoms. The summed E-state index contributed by atoms with van der Waals surface area (Å²) in [5.74, 6) is -4.60. The summed E-state index contributed by atoms with van der Waals surface area (Å²) in [6.45, 7) is 13.0. The maximum Gasteiger partial charge on any atom is 0.346 e. The van der Waals surface area contributed by atoms with Crippen LogP contribution in [0, 0.1) is 17.8 Å². The summed E-state index contributed by atoms with van der Waals surface area (Å²) < 4.78 is 22.8. The first-order valence-electron chi connectivity index (χ1n) is 15.0. The van der Waals surface area contributed by atoms with Crippen molar-refractivity contribution in [3.8, 4) is 0 Å². The maximum atomic E-state index is 12.9. The average Bonchev–Trinajstić information content (AvgIpc) is 3.18. The van der Waals surface area contributed by atoms with Crippen molar-refractivity contribution in [2.45, 2.75) is 96.4 Å². The van der Waals surface area contributed by atoms with Gasteiger partial charge in [-0.15, -0.1) is 0 Å². The number of carbonyl (C=O) groups is 3. The van der Waals surface area contributed by atoms with Gasteiger partial charge in [-0.2, -0.15) is 0 Å². The van der Waals surface area contributed by atoms with Crippen LogP contribution in [0.2, 0.25) is 0 Å². The third-order valence-corrected chi connectivity index (χ3v) is 8.47. The molecule has 2 saturated heterocycles. The van der Waals surface area contributed by atoms with Gasteiger partial charge >= 0.3 is 17.9 Å². The highest BCUT2D eigenvalue weighted by atomic mass is 16.8. The number of carbonyl (C=O) groups excluding carboxylic acids is 2. The highest BCUT2D eigenvalue weighted by Gasteiger charge is 2.74. The SMILES string of the molecule is C=C(CCC12OC/C(=N/O)C(C(=O)O)(O1)[C@H](OC(=O)/C=C/[C@@H](C)C[C@@H](C)CC)[C@H]2O)[C@@H](OC(C)=O)[C@H](C)Cc1ccccc1. The molecule has 3 N–H and O–H groups in total. The van der Waals surface area contributed by atoms with Crippen molar-refractivity contribution in [3.05, 3.63) is 60.2 Å². The van der Waals surface area contributed by atoms with Crippen LogP contribution in [-0.4, -0.2) is 75.3 Å². The summed E-state index contributed by atoms with van der Waals surface area (Å²) in [6.07, 6.45) is 1.02. The number of carboxylic acid groups (broad SMARTS) is 1. The van der Waals surface area contributed by atoms with Crippen LogP contribution in [0.1, 0.15) is 65.9 Å². The Morgan fingerprint density at radius 1 is 1.20 bits per heavy atom. The molecule has 0 aliphatic carbocycles. The molecule has 44 heavy (non-hydrogen) atoms. The van der Waals surface area contributed by atoms with Gasteiger partial charge in [-0.3, -0.25) is 4.79 Å². The quantitative estimate of drug-likeness (QED) is 0.0845. The number of allylic oxidation sites excluding steroid dienone is 1. The van der Waals surface area contributed by atoms with Crippen molar-refractivity contribution < 1.29 is 48.8 Å². The Kier molecular flexibility index (Phi) is 11.9. The van der Waals surface area contributed by atoms with Gasteiger partial charge in [0.15, 0.2) is 6.10 Å². The predicted octanol–water partition coefficient (Wildman–Crippen LogP) is 4.44. The minimum atomic E-state index is -2.49. The Morgan fingerprint density at radius 3 is 2.48 bits per heavy atom. The molecule has 1 aromatic rings. The standard InChI is InChI=1S/C33H45NO10/c1-7-20(2)17-21(3)13-14-27(36)43-30-29(37)32(41-19-26(34-40)33(30,44-32)31(38)39)16-15-22(4)28(42-24(6)35)23(5)18-25-11-9-8-10-12-25/h8-14,20-21,23,28-30,37,40H,4,7,15-19H2,1-3,5-6H3,(H,38,39)/b14-13+,34-26-/t20-,21+,23+,28+,29+,30+,32?,33?/m0/s1. The summed E-state index contributed by atoms with van der Waals surface area (Å²) in [5.41, 5.74) is -1.41. The minimum absolute atomic E-state index is 0.0552. The van der Waals surface area contributed by atoms with Crippen molar-refractivity contribution in [2.75, 3.05) is 6.61 Å². The van der Waals surface area contributed by atoms with E-state index in [4.69, 9.17) is 18.9 Å². The molecule has 242 valence electrons. The topological polar surface area (TPSA) is 161 Å². The second-order valence-electron chi connectivity index (χ2n) is 12.0. The first kappa shape index (κ1) is 34.9. The van der Waals surface area contributed by atoms with Gasteiger partial charge < -0.3 is 34.4 Å². The molecule has 2 heterocycles.